The Hall–Kier alpha value is -0.130. The predicted octanol–water partition coefficient (Wildman–Crippen LogP) is 0.514. The first-order valence-corrected chi connectivity index (χ1v) is 6.09. The first-order valence-electron chi connectivity index (χ1n) is 4.51. The number of rotatable bonds is 4. The van der Waals surface area contributed by atoms with Crippen molar-refractivity contribution in [1.82, 2.24) is 0 Å². The zero-order chi connectivity index (χ0) is 9.90. The molecule has 1 rings (SSSR count). The maximum Gasteiger partial charge on any atom is 0.269 e. The first-order chi connectivity index (χ1) is 6.05. The van der Waals surface area contributed by atoms with Crippen molar-refractivity contribution in [1.29, 1.82) is 0 Å². The molecule has 5 heteroatoms. The minimum atomic E-state index is -3.51. The standard InChI is InChI=1S/C8H16O4S/c1-12-13(10,11)6-8(9)7-4-2-3-5-7/h7-9H,2-6H2,1H3/t8-/m1/s1. The lowest BCUT2D eigenvalue weighted by molar-refractivity contribution is 0.129. The summed E-state index contributed by atoms with van der Waals surface area (Å²) in [5, 5.41) is 9.56. The third-order valence-electron chi connectivity index (χ3n) is 2.57. The van der Waals surface area contributed by atoms with Crippen LogP contribution in [0.1, 0.15) is 25.7 Å². The maximum absolute atomic E-state index is 11.0. The van der Waals surface area contributed by atoms with Crippen molar-refractivity contribution in [3.05, 3.63) is 0 Å². The molecule has 4 nitrogen and oxygen atoms in total. The van der Waals surface area contributed by atoms with Gasteiger partial charge in [0.2, 0.25) is 0 Å². The van der Waals surface area contributed by atoms with E-state index in [1.165, 1.54) is 0 Å². The minimum absolute atomic E-state index is 0.143. The Morgan fingerprint density at radius 2 is 2.00 bits per heavy atom. The Bertz CT molecular complexity index is 241. The topological polar surface area (TPSA) is 63.6 Å². The molecule has 0 bridgehead atoms. The molecule has 0 aromatic carbocycles. The molecular weight excluding hydrogens is 192 g/mol. The summed E-state index contributed by atoms with van der Waals surface area (Å²) in [6, 6.07) is 0. The van der Waals surface area contributed by atoms with Crippen LogP contribution in [-0.2, 0) is 14.3 Å². The fourth-order valence-corrected chi connectivity index (χ4v) is 2.58. The van der Waals surface area contributed by atoms with Gasteiger partial charge in [-0.25, -0.2) is 0 Å². The second-order valence-electron chi connectivity index (χ2n) is 3.50. The summed E-state index contributed by atoms with van der Waals surface area (Å²) in [6.07, 6.45) is 3.29. The molecule has 1 saturated carbocycles. The van der Waals surface area contributed by atoms with Crippen molar-refractivity contribution in [3.63, 3.8) is 0 Å². The summed E-state index contributed by atoms with van der Waals surface area (Å²) in [4.78, 5) is 0. The third-order valence-corrected chi connectivity index (χ3v) is 3.83. The van der Waals surface area contributed by atoms with Gasteiger partial charge >= 0.3 is 0 Å². The molecule has 0 heterocycles. The van der Waals surface area contributed by atoms with Crippen LogP contribution in [0.25, 0.3) is 0 Å². The second kappa shape index (κ2) is 4.39. The quantitative estimate of drug-likeness (QED) is 0.684. The highest BCUT2D eigenvalue weighted by Gasteiger charge is 2.27. The molecule has 0 aromatic rings. The Morgan fingerprint density at radius 3 is 2.46 bits per heavy atom. The Labute approximate surface area is 79.0 Å². The molecule has 1 aliphatic carbocycles. The largest absolute Gasteiger partial charge is 0.392 e. The van der Waals surface area contributed by atoms with Gasteiger partial charge in [-0.05, 0) is 18.8 Å². The molecule has 0 radical (unpaired) electrons. The summed E-state index contributed by atoms with van der Waals surface area (Å²) in [5.41, 5.74) is 0. The number of aliphatic hydroxyl groups is 1. The number of hydrogen-bond donors (Lipinski definition) is 1. The van der Waals surface area contributed by atoms with E-state index in [2.05, 4.69) is 4.18 Å². The first kappa shape index (κ1) is 10.9. The minimum Gasteiger partial charge on any atom is -0.392 e. The molecule has 1 N–H and O–H groups in total. The van der Waals surface area contributed by atoms with E-state index in [0.29, 0.717) is 0 Å². The van der Waals surface area contributed by atoms with Crippen molar-refractivity contribution < 1.29 is 17.7 Å². The van der Waals surface area contributed by atoms with Crippen LogP contribution in [0.4, 0.5) is 0 Å². The molecular formula is C8H16O4S. The Balaban J connectivity index is 2.44. The monoisotopic (exact) mass is 208 g/mol. The van der Waals surface area contributed by atoms with Gasteiger partial charge in [-0.1, -0.05) is 12.8 Å². The highest BCUT2D eigenvalue weighted by atomic mass is 32.2. The van der Waals surface area contributed by atoms with Crippen molar-refractivity contribution >= 4 is 10.1 Å². The van der Waals surface area contributed by atoms with Crippen LogP contribution in [0.3, 0.4) is 0 Å². The van der Waals surface area contributed by atoms with Gasteiger partial charge in [0, 0.05) is 0 Å². The van der Waals surface area contributed by atoms with Gasteiger partial charge < -0.3 is 5.11 Å². The maximum atomic E-state index is 11.0. The van der Waals surface area contributed by atoms with Crippen LogP contribution in [0.15, 0.2) is 0 Å². The van der Waals surface area contributed by atoms with E-state index in [1.807, 2.05) is 0 Å². The van der Waals surface area contributed by atoms with E-state index in [1.54, 1.807) is 0 Å². The lowest BCUT2D eigenvalue weighted by Gasteiger charge is -2.16. The van der Waals surface area contributed by atoms with E-state index in [4.69, 9.17) is 0 Å². The van der Waals surface area contributed by atoms with E-state index in [0.717, 1.165) is 32.8 Å². The summed E-state index contributed by atoms with van der Waals surface area (Å²) in [7, 11) is -2.38. The van der Waals surface area contributed by atoms with E-state index < -0.39 is 16.2 Å². The van der Waals surface area contributed by atoms with Crippen LogP contribution in [0, 0.1) is 5.92 Å². The van der Waals surface area contributed by atoms with Crippen LogP contribution in [0.2, 0.25) is 0 Å². The van der Waals surface area contributed by atoms with Crippen LogP contribution < -0.4 is 0 Å². The highest BCUT2D eigenvalue weighted by Crippen LogP contribution is 2.28. The van der Waals surface area contributed by atoms with Crippen LogP contribution >= 0.6 is 0 Å². The lowest BCUT2D eigenvalue weighted by Crippen LogP contribution is -2.27. The van der Waals surface area contributed by atoms with Crippen molar-refractivity contribution in [2.24, 2.45) is 5.92 Å². The fourth-order valence-electron chi connectivity index (χ4n) is 1.76. The molecule has 1 atom stereocenters. The fraction of sp³-hybridized carbons (Fsp3) is 1.00. The van der Waals surface area contributed by atoms with Gasteiger partial charge in [0.15, 0.2) is 0 Å². The average molecular weight is 208 g/mol. The highest BCUT2D eigenvalue weighted by molar-refractivity contribution is 7.86. The summed E-state index contributed by atoms with van der Waals surface area (Å²) in [5.74, 6) is -0.126. The van der Waals surface area contributed by atoms with Gasteiger partial charge in [-0.3, -0.25) is 4.18 Å². The molecule has 13 heavy (non-hydrogen) atoms. The molecule has 1 aliphatic rings. The van der Waals surface area contributed by atoms with Crippen LogP contribution in [-0.4, -0.2) is 32.5 Å². The van der Waals surface area contributed by atoms with Gasteiger partial charge in [0.1, 0.15) is 5.75 Å². The summed E-state index contributed by atoms with van der Waals surface area (Å²) < 4.78 is 26.2. The predicted molar refractivity (Wildman–Crippen MR) is 48.8 cm³/mol. The molecule has 0 aromatic heterocycles. The smallest absolute Gasteiger partial charge is 0.269 e. The van der Waals surface area contributed by atoms with Gasteiger partial charge in [0.25, 0.3) is 10.1 Å². The molecule has 1 fully saturated rings. The zero-order valence-electron chi connectivity index (χ0n) is 7.77. The van der Waals surface area contributed by atoms with Crippen molar-refractivity contribution in [2.75, 3.05) is 12.9 Å². The number of hydrogen-bond acceptors (Lipinski definition) is 4. The lowest BCUT2D eigenvalue weighted by atomic mass is 10.0. The summed E-state index contributed by atoms with van der Waals surface area (Å²) >= 11 is 0. The SMILES string of the molecule is COS(=O)(=O)C[C@@H](O)C1CCCC1. The van der Waals surface area contributed by atoms with Gasteiger partial charge in [0.05, 0.1) is 13.2 Å². The summed E-state index contributed by atoms with van der Waals surface area (Å²) in [6.45, 7) is 0. The molecule has 0 saturated heterocycles. The normalized spacial score (nSPS) is 22.0. The molecule has 0 aliphatic heterocycles. The van der Waals surface area contributed by atoms with Crippen molar-refractivity contribution in [2.45, 2.75) is 31.8 Å². The van der Waals surface area contributed by atoms with E-state index >= 15 is 0 Å². The number of aliphatic hydroxyl groups excluding tert-OH is 1. The molecule has 0 amide bonds. The zero-order valence-corrected chi connectivity index (χ0v) is 8.59. The molecule has 0 spiro atoms. The third kappa shape index (κ3) is 3.25. The van der Waals surface area contributed by atoms with Crippen LogP contribution in [0.5, 0.6) is 0 Å². The molecule has 0 unspecified atom stereocenters. The van der Waals surface area contributed by atoms with E-state index in [-0.39, 0.29) is 11.7 Å². The van der Waals surface area contributed by atoms with Gasteiger partial charge in [-0.15, -0.1) is 0 Å². The second-order valence-corrected chi connectivity index (χ2v) is 5.28. The molecule has 78 valence electrons. The van der Waals surface area contributed by atoms with E-state index in [9.17, 15) is 13.5 Å². The van der Waals surface area contributed by atoms with Gasteiger partial charge in [-0.2, -0.15) is 8.42 Å². The average Bonchev–Trinajstić information content (AvgIpc) is 2.55. The Morgan fingerprint density at radius 1 is 1.46 bits per heavy atom. The Kier molecular flexibility index (Phi) is 3.70. The van der Waals surface area contributed by atoms with Crippen molar-refractivity contribution in [3.8, 4) is 0 Å².